The van der Waals surface area contributed by atoms with Gasteiger partial charge in [-0.1, -0.05) is 74.5 Å². The normalized spacial score (nSPS) is 19.2. The van der Waals surface area contributed by atoms with Crippen molar-refractivity contribution in [2.24, 2.45) is 5.92 Å². The second kappa shape index (κ2) is 13.2. The third kappa shape index (κ3) is 8.81. The van der Waals surface area contributed by atoms with E-state index in [0.29, 0.717) is 12.2 Å². The van der Waals surface area contributed by atoms with E-state index in [1.807, 2.05) is 19.1 Å². The van der Waals surface area contributed by atoms with E-state index in [4.69, 9.17) is 4.74 Å². The van der Waals surface area contributed by atoms with Crippen molar-refractivity contribution in [3.63, 3.8) is 0 Å². The average Bonchev–Trinajstić information content (AvgIpc) is 3.33. The van der Waals surface area contributed by atoms with Gasteiger partial charge in [0.25, 0.3) is 0 Å². The fourth-order valence-corrected chi connectivity index (χ4v) is 3.30. The van der Waals surface area contributed by atoms with Gasteiger partial charge in [-0.15, -0.1) is 0 Å². The first-order valence-electron chi connectivity index (χ1n) is 10.6. The van der Waals surface area contributed by atoms with Crippen molar-refractivity contribution >= 4 is 5.78 Å². The third-order valence-electron chi connectivity index (χ3n) is 5.08. The molecule has 0 amide bonds. The van der Waals surface area contributed by atoms with Crippen LogP contribution < -0.4 is 0 Å². The molecule has 0 aromatic heterocycles. The first-order valence-corrected chi connectivity index (χ1v) is 10.6. The lowest BCUT2D eigenvalue weighted by atomic mass is 9.98. The zero-order valence-corrected chi connectivity index (χ0v) is 17.5. The van der Waals surface area contributed by atoms with E-state index in [1.54, 1.807) is 0 Å². The van der Waals surface area contributed by atoms with Crippen molar-refractivity contribution < 1.29 is 9.53 Å². The number of hydrogen-bond acceptors (Lipinski definition) is 3. The number of Topliss-reactive ketones (excluding diaryl/α,β-unsaturated/α-hetero) is 1. The van der Waals surface area contributed by atoms with E-state index < -0.39 is 0 Å². The van der Waals surface area contributed by atoms with Crippen LogP contribution in [0.5, 0.6) is 0 Å². The van der Waals surface area contributed by atoms with Crippen LogP contribution in [0.25, 0.3) is 0 Å². The summed E-state index contributed by atoms with van der Waals surface area (Å²) in [6.45, 7) is 8.99. The number of hydrogen-bond donors (Lipinski definition) is 0. The molecule has 2 aromatic rings. The van der Waals surface area contributed by atoms with Crippen LogP contribution in [0.15, 0.2) is 60.7 Å². The van der Waals surface area contributed by atoms with Crippen molar-refractivity contribution in [2.75, 3.05) is 26.3 Å². The molecule has 2 heterocycles. The van der Waals surface area contributed by atoms with Crippen LogP contribution in [0, 0.1) is 5.92 Å². The van der Waals surface area contributed by atoms with Crippen LogP contribution in [-0.2, 0) is 22.5 Å². The quantitative estimate of drug-likeness (QED) is 0.737. The number of aryl methyl sites for hydroxylation is 1. The van der Waals surface area contributed by atoms with Gasteiger partial charge >= 0.3 is 0 Å². The first-order chi connectivity index (χ1) is 13.7. The van der Waals surface area contributed by atoms with E-state index in [-0.39, 0.29) is 5.92 Å². The Morgan fingerprint density at radius 3 is 1.93 bits per heavy atom. The van der Waals surface area contributed by atoms with E-state index in [9.17, 15) is 4.79 Å². The SMILES string of the molecule is C1CCOC1.CC1CN(Cc2ccccc2)CCC1=O.CCc1ccccc1. The van der Waals surface area contributed by atoms with Gasteiger partial charge in [-0.3, -0.25) is 9.69 Å². The Hall–Kier alpha value is -1.97. The standard InChI is InChI=1S/C13H17NO.C8H10.C4H8O/c1-11-9-14(8-7-13(11)15)10-12-5-3-2-4-6-12;1-2-8-6-4-3-5-7-8;1-2-4-5-3-1/h2-6,11H,7-10H2,1H3;3-7H,2H2,1H3;1-4H2. The molecule has 1 atom stereocenters. The van der Waals surface area contributed by atoms with Gasteiger partial charge in [-0.25, -0.2) is 0 Å². The van der Waals surface area contributed by atoms with Crippen molar-refractivity contribution in [1.29, 1.82) is 0 Å². The minimum atomic E-state index is 0.211. The topological polar surface area (TPSA) is 29.5 Å². The lowest BCUT2D eigenvalue weighted by Crippen LogP contribution is -2.38. The fraction of sp³-hybridized carbons (Fsp3) is 0.480. The summed E-state index contributed by atoms with van der Waals surface area (Å²) in [6, 6.07) is 20.9. The predicted octanol–water partition coefficient (Wildman–Crippen LogP) is 5.14. The number of likely N-dealkylation sites (tertiary alicyclic amines) is 1. The molecule has 2 fully saturated rings. The predicted molar refractivity (Wildman–Crippen MR) is 116 cm³/mol. The van der Waals surface area contributed by atoms with E-state index in [2.05, 4.69) is 60.4 Å². The van der Waals surface area contributed by atoms with Gasteiger partial charge in [0.2, 0.25) is 0 Å². The number of ether oxygens (including phenoxy) is 1. The maximum atomic E-state index is 11.4. The molecule has 152 valence electrons. The molecule has 28 heavy (non-hydrogen) atoms. The maximum absolute atomic E-state index is 11.4. The molecule has 2 aliphatic heterocycles. The third-order valence-corrected chi connectivity index (χ3v) is 5.08. The number of ketones is 1. The Kier molecular flexibility index (Phi) is 10.6. The van der Waals surface area contributed by atoms with Crippen LogP contribution >= 0.6 is 0 Å². The zero-order chi connectivity index (χ0) is 20.0. The van der Waals surface area contributed by atoms with E-state index >= 15 is 0 Å². The van der Waals surface area contributed by atoms with Gasteiger partial charge in [-0.2, -0.15) is 0 Å². The maximum Gasteiger partial charge on any atom is 0.138 e. The molecule has 1 unspecified atom stereocenters. The summed E-state index contributed by atoms with van der Waals surface area (Å²) in [6.07, 6.45) is 4.41. The Morgan fingerprint density at radius 2 is 1.50 bits per heavy atom. The van der Waals surface area contributed by atoms with Gasteiger partial charge in [0, 0.05) is 45.2 Å². The Bertz CT molecular complexity index is 645. The second-order valence-electron chi connectivity index (χ2n) is 7.50. The summed E-state index contributed by atoms with van der Waals surface area (Å²) in [5, 5.41) is 0. The van der Waals surface area contributed by atoms with Crippen molar-refractivity contribution in [2.45, 2.75) is 46.1 Å². The van der Waals surface area contributed by atoms with Gasteiger partial charge in [0.15, 0.2) is 0 Å². The Morgan fingerprint density at radius 1 is 0.929 bits per heavy atom. The lowest BCUT2D eigenvalue weighted by Gasteiger charge is -2.29. The van der Waals surface area contributed by atoms with E-state index in [0.717, 1.165) is 39.3 Å². The number of nitrogens with zero attached hydrogens (tertiary/aromatic N) is 1. The second-order valence-corrected chi connectivity index (χ2v) is 7.50. The van der Waals surface area contributed by atoms with Gasteiger partial charge < -0.3 is 4.74 Å². The summed E-state index contributed by atoms with van der Waals surface area (Å²) in [5.41, 5.74) is 2.74. The highest BCUT2D eigenvalue weighted by Gasteiger charge is 2.22. The number of carbonyl (C=O) groups is 1. The Balaban J connectivity index is 0.000000179. The number of benzene rings is 2. The highest BCUT2D eigenvalue weighted by atomic mass is 16.5. The molecule has 3 heteroatoms. The molecule has 3 nitrogen and oxygen atoms in total. The number of rotatable bonds is 3. The van der Waals surface area contributed by atoms with Crippen molar-refractivity contribution in [1.82, 2.24) is 4.90 Å². The summed E-state index contributed by atoms with van der Waals surface area (Å²) < 4.78 is 4.94. The molecule has 0 N–H and O–H groups in total. The van der Waals surface area contributed by atoms with E-state index in [1.165, 1.54) is 24.0 Å². The molecule has 4 rings (SSSR count). The van der Waals surface area contributed by atoms with Crippen LogP contribution in [0.2, 0.25) is 0 Å². The monoisotopic (exact) mass is 381 g/mol. The van der Waals surface area contributed by atoms with Crippen LogP contribution in [0.3, 0.4) is 0 Å². The largest absolute Gasteiger partial charge is 0.381 e. The summed E-state index contributed by atoms with van der Waals surface area (Å²) in [7, 11) is 0. The molecule has 0 saturated carbocycles. The smallest absolute Gasteiger partial charge is 0.138 e. The molecule has 2 saturated heterocycles. The first kappa shape index (κ1) is 22.3. The van der Waals surface area contributed by atoms with Crippen molar-refractivity contribution in [3.05, 3.63) is 71.8 Å². The molecule has 0 aliphatic carbocycles. The van der Waals surface area contributed by atoms with Crippen LogP contribution in [-0.4, -0.2) is 37.0 Å². The molecule has 2 aliphatic rings. The highest BCUT2D eigenvalue weighted by molar-refractivity contribution is 5.81. The zero-order valence-electron chi connectivity index (χ0n) is 17.5. The highest BCUT2D eigenvalue weighted by Crippen LogP contribution is 2.15. The molecular formula is C25H35NO2. The molecule has 0 radical (unpaired) electrons. The summed E-state index contributed by atoms with van der Waals surface area (Å²) in [5.74, 6) is 0.627. The molecule has 2 aromatic carbocycles. The summed E-state index contributed by atoms with van der Waals surface area (Å²) in [4.78, 5) is 13.7. The minimum absolute atomic E-state index is 0.211. The number of piperidine rings is 1. The minimum Gasteiger partial charge on any atom is -0.381 e. The van der Waals surface area contributed by atoms with Crippen LogP contribution in [0.1, 0.15) is 44.2 Å². The van der Waals surface area contributed by atoms with Crippen LogP contribution in [0.4, 0.5) is 0 Å². The average molecular weight is 382 g/mol. The van der Waals surface area contributed by atoms with Gasteiger partial charge in [-0.05, 0) is 30.4 Å². The molecule has 0 bridgehead atoms. The molecular weight excluding hydrogens is 346 g/mol. The van der Waals surface area contributed by atoms with Gasteiger partial charge in [0.1, 0.15) is 5.78 Å². The fourth-order valence-electron chi connectivity index (χ4n) is 3.30. The van der Waals surface area contributed by atoms with Crippen molar-refractivity contribution in [3.8, 4) is 0 Å². The van der Waals surface area contributed by atoms with Gasteiger partial charge in [0.05, 0.1) is 0 Å². The number of carbonyl (C=O) groups excluding carboxylic acids is 1. The summed E-state index contributed by atoms with van der Waals surface area (Å²) >= 11 is 0. The Labute approximate surface area is 170 Å². The molecule has 0 spiro atoms. The lowest BCUT2D eigenvalue weighted by molar-refractivity contribution is -0.125.